The standard InChI is InChI=1S/C7H3F3S2.C7H3NS2.C7H6O2S3.C6H2F2S2.C6H3FS2.C6H3NO2S2.6C2H6/c8-7(9,10)6-3-5-4(12-6)1-2-11-5;8-4-5-3-7-6(10-5)1-2-9-7;1-12(8,9)7-4-6-5(11-7)2-3-10-6;7-4-5-3(1-2-9-5)10-6(4)8;7-6-3-5-4(9-6)1-2-8-5;8-7(9)6-3-5-4(11-6)1-2-10-5;6*1-2/h1-3H;1-3H;2-4H,1H3;1-2H;1-3H;1-3H;6*1-2H3. The van der Waals surface area contributed by atoms with Gasteiger partial charge in [0.15, 0.2) is 20.8 Å². The Bertz CT molecular complexity index is 3470. The number of nitro groups is 1. The van der Waals surface area contributed by atoms with Crippen LogP contribution in [0.5, 0.6) is 0 Å². The van der Waals surface area contributed by atoms with Gasteiger partial charge in [-0.05, 0) is 86.9 Å². The molecule has 0 atom stereocenters. The summed E-state index contributed by atoms with van der Waals surface area (Å²) in [6.07, 6.45) is -2.95. The van der Waals surface area contributed by atoms with E-state index in [9.17, 15) is 44.9 Å². The molecule has 12 aromatic rings. The molecule has 25 heteroatoms. The van der Waals surface area contributed by atoms with Crippen molar-refractivity contribution >= 4 is 207 Å². The fraction of sp³-hybridized carbons (Fsp3) is 0.275. The maximum Gasteiger partial charge on any atom is 0.425 e. The Morgan fingerprint density at radius 1 is 0.500 bits per heavy atom. The van der Waals surface area contributed by atoms with Crippen LogP contribution in [0, 0.1) is 37.5 Å². The molecule has 0 radical (unpaired) electrons. The van der Waals surface area contributed by atoms with Gasteiger partial charge in [0.05, 0.1) is 23.7 Å². The summed E-state index contributed by atoms with van der Waals surface area (Å²) in [6, 6.07) is 21.4. The highest BCUT2D eigenvalue weighted by atomic mass is 32.2. The minimum absolute atomic E-state index is 0.0862. The Balaban J connectivity index is 0.000000439. The lowest BCUT2D eigenvalue weighted by atomic mass is 10.4. The van der Waals surface area contributed by atoms with Crippen molar-refractivity contribution < 1.29 is 39.7 Å². The summed E-state index contributed by atoms with van der Waals surface area (Å²) in [7, 11) is -3.01. The molecule has 0 N–H and O–H groups in total. The molecule has 0 fully saturated rings. The lowest BCUT2D eigenvalue weighted by Gasteiger charge is -1.99. The van der Waals surface area contributed by atoms with Crippen LogP contribution in [0.2, 0.25) is 0 Å². The second kappa shape index (κ2) is 36.5. The topological polar surface area (TPSA) is 101 Å². The van der Waals surface area contributed by atoms with Crippen LogP contribution >= 0.6 is 136 Å². The number of sulfone groups is 1. The molecule has 0 saturated carbocycles. The van der Waals surface area contributed by atoms with Crippen LogP contribution in [0.1, 0.15) is 92.8 Å². The summed E-state index contributed by atoms with van der Waals surface area (Å²) in [5.74, 6) is -0.699. The van der Waals surface area contributed by atoms with Gasteiger partial charge in [0.25, 0.3) is 0 Å². The third-order valence-electron chi connectivity index (χ3n) is 7.77. The van der Waals surface area contributed by atoms with E-state index in [2.05, 4.69) is 6.07 Å². The van der Waals surface area contributed by atoms with Crippen molar-refractivity contribution in [3.05, 3.63) is 135 Å². The van der Waals surface area contributed by atoms with Crippen LogP contribution in [-0.2, 0) is 16.0 Å². The van der Waals surface area contributed by atoms with Crippen LogP contribution in [-0.4, -0.2) is 19.6 Å². The van der Waals surface area contributed by atoms with E-state index in [1.54, 1.807) is 86.4 Å². The summed E-state index contributed by atoms with van der Waals surface area (Å²) in [5, 5.41) is 29.7. The molecule has 0 amide bonds. The molecule has 12 rings (SSSR count). The molecule has 6 nitrogen and oxygen atoms in total. The van der Waals surface area contributed by atoms with Gasteiger partial charge < -0.3 is 0 Å². The summed E-state index contributed by atoms with van der Waals surface area (Å²) in [4.78, 5) is 10.2. The van der Waals surface area contributed by atoms with E-state index in [4.69, 9.17) is 5.26 Å². The zero-order valence-electron chi connectivity index (χ0n) is 43.4. The van der Waals surface area contributed by atoms with Gasteiger partial charge in [-0.3, -0.25) is 10.1 Å². The average Bonchev–Trinajstić information content (AvgIpc) is 4.22. The minimum atomic E-state index is -4.19. The zero-order chi connectivity index (χ0) is 57.8. The van der Waals surface area contributed by atoms with Crippen LogP contribution in [0.15, 0.2) is 103 Å². The average molecular weight is 1290 g/mol. The molecule has 0 aliphatic heterocycles. The molecule has 0 bridgehead atoms. The third kappa shape index (κ3) is 21.2. The first-order valence-corrected chi connectivity index (χ1v) is 35.2. The van der Waals surface area contributed by atoms with E-state index < -0.39 is 31.8 Å². The van der Waals surface area contributed by atoms with E-state index in [0.717, 1.165) is 55.8 Å². The van der Waals surface area contributed by atoms with Crippen molar-refractivity contribution in [3.8, 4) is 6.07 Å². The van der Waals surface area contributed by atoms with Crippen molar-refractivity contribution in [1.82, 2.24) is 0 Å². The van der Waals surface area contributed by atoms with Crippen molar-refractivity contribution in [1.29, 1.82) is 5.26 Å². The van der Waals surface area contributed by atoms with Crippen LogP contribution < -0.4 is 0 Å². The SMILES string of the molecule is CC.CC.CC.CC.CC.CC.CS(=O)(=O)c1cc2sccc2s1.FC(F)(F)c1cc2sccc2s1.Fc1cc2sccc2s1.Fc1sc2ccsc2c1F.N#Cc1cc2sccc2s1.O=[N+]([O-])c1cc2sccc2s1. The first-order valence-electron chi connectivity index (χ1n) is 23.1. The van der Waals surface area contributed by atoms with E-state index in [-0.39, 0.29) is 15.1 Å². The van der Waals surface area contributed by atoms with Gasteiger partial charge in [0.2, 0.25) is 5.13 Å². The first-order chi connectivity index (χ1) is 36.5. The second-order valence-corrected chi connectivity index (χ2v) is 26.4. The second-order valence-electron chi connectivity index (χ2n) is 12.1. The lowest BCUT2D eigenvalue weighted by molar-refractivity contribution is -0.380. The van der Waals surface area contributed by atoms with Gasteiger partial charge in [-0.25, -0.2) is 12.8 Å². The Morgan fingerprint density at radius 2 is 0.895 bits per heavy atom. The maximum absolute atomic E-state index is 12.6. The Hall–Kier alpha value is -3.62. The quantitative estimate of drug-likeness (QED) is 0.0975. The van der Waals surface area contributed by atoms with E-state index in [0.29, 0.717) is 23.0 Å². The maximum atomic E-state index is 12.6. The number of halogens is 6. The summed E-state index contributed by atoms with van der Waals surface area (Å²) in [5.41, 5.74) is 0. The molecular formula is C51H56F6N2O4S13. The van der Waals surface area contributed by atoms with E-state index in [1.165, 1.54) is 89.7 Å². The Morgan fingerprint density at radius 3 is 1.29 bits per heavy atom. The minimum Gasteiger partial charge on any atom is -0.258 e. The van der Waals surface area contributed by atoms with Crippen molar-refractivity contribution in [2.45, 2.75) is 93.5 Å². The Kier molecular flexibility index (Phi) is 33.8. The molecule has 0 spiro atoms. The fourth-order valence-electron chi connectivity index (χ4n) is 5.00. The number of nitrogens with zero attached hydrogens (tertiary/aromatic N) is 2. The molecule has 76 heavy (non-hydrogen) atoms. The number of hydrogen-bond donors (Lipinski definition) is 0. The molecule has 0 aliphatic rings. The lowest BCUT2D eigenvalue weighted by Crippen LogP contribution is -2.00. The number of nitriles is 1. The fourth-order valence-corrected chi connectivity index (χ4v) is 17.6. The van der Waals surface area contributed by atoms with Gasteiger partial charge in [-0.15, -0.1) is 125 Å². The monoisotopic (exact) mass is 1290 g/mol. The van der Waals surface area contributed by atoms with Crippen LogP contribution in [0.25, 0.3) is 56.4 Å². The third-order valence-corrected chi connectivity index (χ3v) is 21.7. The van der Waals surface area contributed by atoms with Gasteiger partial charge in [-0.1, -0.05) is 94.4 Å². The highest BCUT2D eigenvalue weighted by Gasteiger charge is 2.32. The molecule has 0 saturated heterocycles. The smallest absolute Gasteiger partial charge is 0.258 e. The van der Waals surface area contributed by atoms with Crippen molar-refractivity contribution in [3.63, 3.8) is 0 Å². The van der Waals surface area contributed by atoms with E-state index in [1.807, 2.05) is 135 Å². The molecular weight excluding hydrogens is 1240 g/mol. The Labute approximate surface area is 488 Å². The molecule has 0 aromatic carbocycles. The summed E-state index contributed by atoms with van der Waals surface area (Å²) < 4.78 is 108. The summed E-state index contributed by atoms with van der Waals surface area (Å²) >= 11 is 15.9. The van der Waals surface area contributed by atoms with Gasteiger partial charge in [0, 0.05) is 56.0 Å². The van der Waals surface area contributed by atoms with E-state index >= 15 is 0 Å². The number of rotatable bonds is 2. The van der Waals surface area contributed by atoms with Crippen molar-refractivity contribution in [2.75, 3.05) is 6.26 Å². The zero-order valence-corrected chi connectivity index (χ0v) is 54.0. The number of alkyl halides is 3. The van der Waals surface area contributed by atoms with Crippen LogP contribution in [0.3, 0.4) is 0 Å². The molecule has 12 aromatic heterocycles. The van der Waals surface area contributed by atoms with Gasteiger partial charge >= 0.3 is 11.2 Å². The predicted octanol–water partition coefficient (Wildman–Crippen LogP) is 24.6. The highest BCUT2D eigenvalue weighted by Crippen LogP contribution is 2.40. The predicted molar refractivity (Wildman–Crippen MR) is 336 cm³/mol. The van der Waals surface area contributed by atoms with Crippen molar-refractivity contribution in [2.24, 2.45) is 0 Å². The normalized spacial score (nSPS) is 9.97. The number of thiophene rings is 12. The molecule has 12 heterocycles. The molecule has 0 unspecified atom stereocenters. The van der Waals surface area contributed by atoms with Gasteiger partial charge in [0.1, 0.15) is 20.0 Å². The van der Waals surface area contributed by atoms with Crippen LogP contribution in [0.4, 0.5) is 31.3 Å². The molecule has 0 aliphatic carbocycles. The summed E-state index contributed by atoms with van der Waals surface area (Å²) in [6.45, 7) is 24.0. The largest absolute Gasteiger partial charge is 0.425 e. The number of fused-ring (bicyclic) bond motifs is 6. The van der Waals surface area contributed by atoms with Gasteiger partial charge in [-0.2, -0.15) is 27.2 Å². The highest BCUT2D eigenvalue weighted by molar-refractivity contribution is 7.93. The molecule has 414 valence electrons. The first kappa shape index (κ1) is 70.4. The number of hydrogen-bond acceptors (Lipinski definition) is 17.